The van der Waals surface area contributed by atoms with Gasteiger partial charge in [-0.1, -0.05) is 41.9 Å². The second-order valence-electron chi connectivity index (χ2n) is 9.69. The first-order valence-corrected chi connectivity index (χ1v) is 13.3. The highest BCUT2D eigenvalue weighted by Gasteiger charge is 2.40. The second-order valence-corrected chi connectivity index (χ2v) is 10.0. The summed E-state index contributed by atoms with van der Waals surface area (Å²) in [6.45, 7) is 2.24. The summed E-state index contributed by atoms with van der Waals surface area (Å²) in [6, 6.07) is 17.4. The number of nitrogens with zero attached hydrogens (tertiary/aromatic N) is 4. The van der Waals surface area contributed by atoms with Gasteiger partial charge in [0.15, 0.2) is 28.4 Å². The lowest BCUT2D eigenvalue weighted by atomic mass is 9.89. The van der Waals surface area contributed by atoms with Gasteiger partial charge in [-0.2, -0.15) is 4.99 Å². The van der Waals surface area contributed by atoms with Crippen molar-refractivity contribution in [2.45, 2.75) is 24.8 Å². The van der Waals surface area contributed by atoms with E-state index >= 15 is 0 Å². The van der Waals surface area contributed by atoms with Crippen molar-refractivity contribution in [2.75, 3.05) is 37.6 Å². The number of rotatable bonds is 6. The fourth-order valence-electron chi connectivity index (χ4n) is 4.63. The molecule has 2 saturated heterocycles. The number of likely N-dealkylation sites (tertiary alicyclic amines) is 1. The minimum absolute atomic E-state index is 0.0569. The molecule has 3 heterocycles. The zero-order valence-electron chi connectivity index (χ0n) is 21.7. The molecule has 2 aromatic carbocycles. The molecule has 5 rings (SSSR count). The van der Waals surface area contributed by atoms with E-state index in [1.54, 1.807) is 4.90 Å². The Labute approximate surface area is 236 Å². The molecule has 1 spiro atoms. The van der Waals surface area contributed by atoms with Crippen LogP contribution in [0.25, 0.3) is 0 Å². The zero-order valence-corrected chi connectivity index (χ0v) is 22.4. The van der Waals surface area contributed by atoms with Gasteiger partial charge in [-0.05, 0) is 49.1 Å². The van der Waals surface area contributed by atoms with E-state index in [9.17, 15) is 9.59 Å². The van der Waals surface area contributed by atoms with Crippen molar-refractivity contribution in [2.24, 2.45) is 4.99 Å². The number of aromatic nitrogens is 2. The molecule has 2 aliphatic heterocycles. The number of hydrogen-bond donors (Lipinski definition) is 5. The minimum atomic E-state index is -0.686. The van der Waals surface area contributed by atoms with Crippen molar-refractivity contribution in [3.8, 4) is 11.5 Å². The Hall–Kier alpha value is -4.58. The van der Waals surface area contributed by atoms with Crippen molar-refractivity contribution in [3.63, 3.8) is 0 Å². The lowest BCUT2D eigenvalue weighted by Gasteiger charge is -2.38. The molecule has 0 aliphatic carbocycles. The zero-order chi connectivity index (χ0) is 28.1. The highest BCUT2D eigenvalue weighted by Crippen LogP contribution is 2.25. The van der Waals surface area contributed by atoms with E-state index in [-0.39, 0.29) is 34.1 Å². The molecule has 0 saturated carbocycles. The summed E-state index contributed by atoms with van der Waals surface area (Å²) in [5.41, 5.74) is 11.9. The number of ether oxygens (including phenoxy) is 1. The van der Waals surface area contributed by atoms with Crippen molar-refractivity contribution in [3.05, 3.63) is 71.0 Å². The van der Waals surface area contributed by atoms with Gasteiger partial charge in [0.25, 0.3) is 0 Å². The number of piperidine rings is 1. The quantitative estimate of drug-likeness (QED) is 0.302. The fraction of sp³-hybridized carbons (Fsp3) is 0.296. The fourth-order valence-corrected chi connectivity index (χ4v) is 4.75. The highest BCUT2D eigenvalue weighted by molar-refractivity contribution is 6.31. The van der Waals surface area contributed by atoms with Crippen LogP contribution in [0.15, 0.2) is 59.6 Å². The Morgan fingerprint density at radius 2 is 1.73 bits per heavy atom. The van der Waals surface area contributed by atoms with Gasteiger partial charge in [-0.3, -0.25) is 4.79 Å². The monoisotopic (exact) mass is 563 g/mol. The maximum absolute atomic E-state index is 12.7. The molecule has 3 aromatic rings. The molecule has 0 bridgehead atoms. The number of benzene rings is 2. The number of hydrogen-bond acceptors (Lipinski definition) is 7. The van der Waals surface area contributed by atoms with E-state index in [0.29, 0.717) is 51.4 Å². The van der Waals surface area contributed by atoms with Gasteiger partial charge in [0.05, 0.1) is 5.54 Å². The second kappa shape index (κ2) is 11.7. The summed E-state index contributed by atoms with van der Waals surface area (Å²) in [7, 11) is 0. The summed E-state index contributed by atoms with van der Waals surface area (Å²) in [5.74, 6) is 0.985. The maximum Gasteiger partial charge on any atom is 0.317 e. The largest absolute Gasteiger partial charge is 0.457 e. The molecule has 7 N–H and O–H groups in total. The van der Waals surface area contributed by atoms with Crippen LogP contribution in [0.1, 0.15) is 28.9 Å². The standard InChI is InChI=1S/C27H30ClN9O3/c28-21-23(30)34-22(29)20(33-21)24(38)35-25-32-16-27(36-25)11-14-37(15-12-27)26(39)31-13-10-17-6-8-19(9-7-17)40-18-4-2-1-3-5-18/h1-9H,10-16H2,(H,31,39)(H4,29,30,34)(H2,32,35,36,38). The molecule has 3 amide bonds. The Bertz CT molecular complexity index is 1410. The minimum Gasteiger partial charge on any atom is -0.457 e. The predicted molar refractivity (Wildman–Crippen MR) is 152 cm³/mol. The number of carbonyl (C=O) groups excluding carboxylic acids is 2. The molecule has 40 heavy (non-hydrogen) atoms. The molecular weight excluding hydrogens is 534 g/mol. The third-order valence-electron chi connectivity index (χ3n) is 6.90. The smallest absolute Gasteiger partial charge is 0.317 e. The lowest BCUT2D eigenvalue weighted by molar-refractivity contribution is 0.0998. The van der Waals surface area contributed by atoms with Crippen molar-refractivity contribution in [1.82, 2.24) is 30.8 Å². The van der Waals surface area contributed by atoms with Gasteiger partial charge < -0.3 is 37.1 Å². The van der Waals surface area contributed by atoms with Gasteiger partial charge in [0.2, 0.25) is 0 Å². The van der Waals surface area contributed by atoms with Crippen molar-refractivity contribution >= 4 is 41.1 Å². The molecule has 0 atom stereocenters. The third kappa shape index (κ3) is 6.34. The molecule has 208 valence electrons. The number of aliphatic imine (C=N–C) groups is 1. The number of urea groups is 1. The number of nitrogen functional groups attached to an aromatic ring is 2. The maximum atomic E-state index is 12.7. The normalized spacial score (nSPS) is 16.8. The SMILES string of the molecule is Nc1nc(N)c(C(=O)/N=C2\NCC3(CCN(C(=O)NCCc4ccc(Oc5ccccc5)cc4)CC3)N2)nc1Cl. The number of halogens is 1. The van der Waals surface area contributed by atoms with Crippen LogP contribution in [0.2, 0.25) is 5.15 Å². The summed E-state index contributed by atoms with van der Waals surface area (Å²) >= 11 is 5.87. The van der Waals surface area contributed by atoms with Crippen LogP contribution in [0, 0.1) is 0 Å². The van der Waals surface area contributed by atoms with Crippen LogP contribution in [-0.2, 0) is 6.42 Å². The van der Waals surface area contributed by atoms with Crippen LogP contribution >= 0.6 is 11.6 Å². The average Bonchev–Trinajstić information content (AvgIpc) is 3.33. The Balaban J connectivity index is 1.06. The van der Waals surface area contributed by atoms with Crippen LogP contribution in [0.4, 0.5) is 16.4 Å². The van der Waals surface area contributed by atoms with E-state index in [4.69, 9.17) is 27.8 Å². The number of para-hydroxylation sites is 1. The summed E-state index contributed by atoms with van der Waals surface area (Å²) in [5, 5.41) is 9.32. The molecule has 13 heteroatoms. The van der Waals surface area contributed by atoms with Crippen molar-refractivity contribution < 1.29 is 14.3 Å². The first-order valence-electron chi connectivity index (χ1n) is 12.9. The van der Waals surface area contributed by atoms with E-state index in [2.05, 4.69) is 30.9 Å². The van der Waals surface area contributed by atoms with Crippen molar-refractivity contribution in [1.29, 1.82) is 0 Å². The Kier molecular flexibility index (Phi) is 7.87. The van der Waals surface area contributed by atoms with E-state index < -0.39 is 5.91 Å². The van der Waals surface area contributed by atoms with Gasteiger partial charge in [0.1, 0.15) is 11.5 Å². The topological polar surface area (TPSA) is 173 Å². The van der Waals surface area contributed by atoms with Crippen LogP contribution in [-0.4, -0.2) is 64.5 Å². The first kappa shape index (κ1) is 27.0. The number of amides is 3. The number of guanidine groups is 1. The third-order valence-corrected chi connectivity index (χ3v) is 7.18. The number of nitrogens with one attached hydrogen (secondary N) is 3. The van der Waals surface area contributed by atoms with Gasteiger partial charge >= 0.3 is 11.9 Å². The molecule has 12 nitrogen and oxygen atoms in total. The Morgan fingerprint density at radius 1 is 1.02 bits per heavy atom. The van der Waals surface area contributed by atoms with Gasteiger partial charge in [-0.15, -0.1) is 0 Å². The summed E-state index contributed by atoms with van der Waals surface area (Å²) in [6.07, 6.45) is 2.10. The Morgan fingerprint density at radius 3 is 2.45 bits per heavy atom. The number of nitrogens with two attached hydrogens (primary N) is 2. The van der Waals surface area contributed by atoms with E-state index in [1.807, 2.05) is 54.6 Å². The van der Waals surface area contributed by atoms with Crippen LogP contribution < -0.4 is 32.2 Å². The molecule has 1 aromatic heterocycles. The van der Waals surface area contributed by atoms with Gasteiger partial charge in [0, 0.05) is 26.2 Å². The molecular formula is C27H30ClN9O3. The van der Waals surface area contributed by atoms with Gasteiger partial charge in [-0.25, -0.2) is 14.8 Å². The molecule has 2 aliphatic rings. The van der Waals surface area contributed by atoms with E-state index in [0.717, 1.165) is 17.1 Å². The first-order chi connectivity index (χ1) is 19.3. The summed E-state index contributed by atoms with van der Waals surface area (Å²) < 4.78 is 5.82. The van der Waals surface area contributed by atoms with Crippen LogP contribution in [0.5, 0.6) is 11.5 Å². The number of anilines is 2. The van der Waals surface area contributed by atoms with Crippen LogP contribution in [0.3, 0.4) is 0 Å². The molecule has 2 fully saturated rings. The molecule has 0 radical (unpaired) electrons. The average molecular weight is 564 g/mol. The van der Waals surface area contributed by atoms with E-state index in [1.165, 1.54) is 0 Å². The lowest BCUT2D eigenvalue weighted by Crippen LogP contribution is -2.55. The number of carbonyl (C=O) groups is 2. The predicted octanol–water partition coefficient (Wildman–Crippen LogP) is 2.56. The molecule has 0 unspecified atom stereocenters. The highest BCUT2D eigenvalue weighted by atomic mass is 35.5. The summed E-state index contributed by atoms with van der Waals surface area (Å²) in [4.78, 5) is 38.9.